The van der Waals surface area contributed by atoms with E-state index in [1.54, 1.807) is 4.57 Å². The smallest absolute Gasteiger partial charge is 0.414 e. The van der Waals surface area contributed by atoms with Gasteiger partial charge in [0.1, 0.15) is 12.8 Å². The third-order valence-electron chi connectivity index (χ3n) is 5.94. The molecule has 2 aliphatic rings. The van der Waals surface area contributed by atoms with Crippen molar-refractivity contribution in [1.29, 1.82) is 0 Å². The molecule has 0 bridgehead atoms. The van der Waals surface area contributed by atoms with Crippen LogP contribution in [0.2, 0.25) is 0 Å². The Morgan fingerprint density at radius 1 is 1.12 bits per heavy atom. The van der Waals surface area contributed by atoms with Gasteiger partial charge in [-0.25, -0.2) is 0 Å². The first-order valence-electron chi connectivity index (χ1n) is 11.1. The van der Waals surface area contributed by atoms with Gasteiger partial charge >= 0.3 is 11.8 Å². The van der Waals surface area contributed by atoms with Crippen molar-refractivity contribution in [2.45, 2.75) is 32.0 Å². The van der Waals surface area contributed by atoms with Gasteiger partial charge in [-0.15, -0.1) is 0 Å². The lowest BCUT2D eigenvalue weighted by atomic mass is 10.0. The van der Waals surface area contributed by atoms with Crippen molar-refractivity contribution in [2.24, 2.45) is 0 Å². The van der Waals surface area contributed by atoms with Crippen LogP contribution in [-0.2, 0) is 13.1 Å². The molecule has 3 aromatic rings. The van der Waals surface area contributed by atoms with Crippen molar-refractivity contribution in [3.8, 4) is 17.1 Å². The van der Waals surface area contributed by atoms with Crippen molar-refractivity contribution in [3.63, 3.8) is 0 Å². The lowest BCUT2D eigenvalue weighted by Crippen LogP contribution is -2.33. The third-order valence-corrected chi connectivity index (χ3v) is 5.94. The molecule has 1 fully saturated rings. The van der Waals surface area contributed by atoms with Crippen LogP contribution in [0.5, 0.6) is 6.01 Å². The number of nitrogens with one attached hydrogen (secondary N) is 1. The minimum atomic E-state index is -0.504. The predicted octanol–water partition coefficient (Wildman–Crippen LogP) is 3.25. The molecule has 1 N–H and O–H groups in total. The molecule has 33 heavy (non-hydrogen) atoms. The van der Waals surface area contributed by atoms with Crippen LogP contribution >= 0.6 is 0 Å². The number of rotatable bonds is 6. The van der Waals surface area contributed by atoms with Crippen LogP contribution < -0.4 is 10.1 Å². The molecule has 0 unspecified atom stereocenters. The van der Waals surface area contributed by atoms with Gasteiger partial charge in [0, 0.05) is 42.8 Å². The number of hydrogen-bond donors (Lipinski definition) is 1. The van der Waals surface area contributed by atoms with Crippen LogP contribution in [0.4, 0.5) is 5.82 Å². The minimum Gasteiger partial charge on any atom is -0.444 e. The van der Waals surface area contributed by atoms with Crippen LogP contribution in [0.1, 0.15) is 28.8 Å². The second-order valence-electron chi connectivity index (χ2n) is 8.48. The molecule has 1 amide bonds. The first kappa shape index (κ1) is 21.1. The summed E-state index contributed by atoms with van der Waals surface area (Å²) in [6.45, 7) is 3.19. The Hall–Kier alpha value is -3.72. The number of nitro groups is 1. The van der Waals surface area contributed by atoms with Crippen LogP contribution in [0.3, 0.4) is 0 Å². The molecule has 9 nitrogen and oxygen atoms in total. The molecule has 170 valence electrons. The van der Waals surface area contributed by atoms with Gasteiger partial charge in [-0.05, 0) is 46.6 Å². The summed E-state index contributed by atoms with van der Waals surface area (Å²) >= 11 is 0. The zero-order chi connectivity index (χ0) is 22.8. The highest BCUT2D eigenvalue weighted by Gasteiger charge is 2.24. The van der Waals surface area contributed by atoms with Crippen molar-refractivity contribution < 1.29 is 14.5 Å². The minimum absolute atomic E-state index is 0.0124. The average Bonchev–Trinajstić information content (AvgIpc) is 3.54. The summed E-state index contributed by atoms with van der Waals surface area (Å²) in [5.74, 6) is -0.204. The molecule has 1 saturated carbocycles. The fourth-order valence-corrected chi connectivity index (χ4v) is 3.93. The third kappa shape index (κ3) is 5.04. The molecule has 0 radical (unpaired) electrons. The van der Waals surface area contributed by atoms with Crippen LogP contribution in [0.25, 0.3) is 11.1 Å². The Morgan fingerprint density at radius 3 is 2.70 bits per heavy atom. The molecule has 1 aliphatic carbocycles. The number of amides is 1. The van der Waals surface area contributed by atoms with Crippen LogP contribution in [-0.4, -0.2) is 51.0 Å². The maximum atomic E-state index is 12.4. The number of hydrogen-bond acceptors (Lipinski definition) is 6. The van der Waals surface area contributed by atoms with Gasteiger partial charge in [0.2, 0.25) is 0 Å². The number of carbonyl (C=O) groups is 1. The Labute approximate surface area is 191 Å². The molecular formula is C24H25N5O4. The molecule has 0 spiro atoms. The summed E-state index contributed by atoms with van der Waals surface area (Å²) in [5.41, 5.74) is 3.92. The molecule has 0 saturated heterocycles. The fraction of sp³-hybridized carbons (Fsp3) is 0.333. The number of benzene rings is 2. The van der Waals surface area contributed by atoms with Gasteiger partial charge in [0.15, 0.2) is 0 Å². The number of nitrogens with zero attached hydrogens (tertiary/aromatic N) is 4. The van der Waals surface area contributed by atoms with Crippen molar-refractivity contribution >= 4 is 11.7 Å². The molecule has 2 aromatic carbocycles. The van der Waals surface area contributed by atoms with E-state index in [0.717, 1.165) is 37.1 Å². The highest BCUT2D eigenvalue weighted by Crippen LogP contribution is 2.24. The standard InChI is InChI=1S/C24H25N5O4/c30-23(25-21-8-9-21)20-3-1-2-19(14-20)18-6-4-17(5-7-18)15-27-10-11-28-16-22(29(31)32)26-24(28)33-13-12-27/h1-7,14,16,21H,8-13,15H2,(H,25,30). The fourth-order valence-electron chi connectivity index (χ4n) is 3.93. The van der Waals surface area contributed by atoms with Gasteiger partial charge < -0.3 is 20.2 Å². The van der Waals surface area contributed by atoms with Crippen molar-refractivity contribution in [3.05, 3.63) is 76.0 Å². The Morgan fingerprint density at radius 2 is 1.94 bits per heavy atom. The topological polar surface area (TPSA) is 103 Å². The first-order chi connectivity index (χ1) is 16.0. The van der Waals surface area contributed by atoms with Gasteiger partial charge in [-0.3, -0.25) is 14.3 Å². The van der Waals surface area contributed by atoms with Crippen LogP contribution in [0, 0.1) is 10.1 Å². The summed E-state index contributed by atoms with van der Waals surface area (Å²) in [6, 6.07) is 16.7. The lowest BCUT2D eigenvalue weighted by Gasteiger charge is -2.24. The van der Waals surface area contributed by atoms with E-state index in [4.69, 9.17) is 4.74 Å². The quantitative estimate of drug-likeness (QED) is 0.460. The number of ether oxygens (including phenoxy) is 1. The Kier molecular flexibility index (Phi) is 5.78. The first-order valence-corrected chi connectivity index (χ1v) is 11.1. The van der Waals surface area contributed by atoms with Gasteiger partial charge in [0.25, 0.3) is 5.91 Å². The summed E-state index contributed by atoms with van der Waals surface area (Å²) in [4.78, 5) is 29.0. The van der Waals surface area contributed by atoms with Crippen molar-refractivity contribution in [2.75, 3.05) is 19.7 Å². The van der Waals surface area contributed by atoms with E-state index < -0.39 is 4.92 Å². The van der Waals surface area contributed by atoms with E-state index in [9.17, 15) is 14.9 Å². The molecule has 5 rings (SSSR count). The zero-order valence-corrected chi connectivity index (χ0v) is 18.1. The van der Waals surface area contributed by atoms with Gasteiger partial charge in [-0.1, -0.05) is 36.4 Å². The summed E-state index contributed by atoms with van der Waals surface area (Å²) in [6.07, 6.45) is 3.56. The Balaban J connectivity index is 1.23. The maximum Gasteiger partial charge on any atom is 0.414 e. The highest BCUT2D eigenvalue weighted by atomic mass is 16.6. The predicted molar refractivity (Wildman–Crippen MR) is 122 cm³/mol. The van der Waals surface area contributed by atoms with Crippen molar-refractivity contribution in [1.82, 2.24) is 19.8 Å². The normalized spacial score (nSPS) is 16.2. The second kappa shape index (κ2) is 9.03. The van der Waals surface area contributed by atoms with Crippen LogP contribution in [0.15, 0.2) is 54.7 Å². The summed E-state index contributed by atoms with van der Waals surface area (Å²) in [7, 11) is 0. The number of carbonyl (C=O) groups excluding carboxylic acids is 1. The number of aromatic nitrogens is 2. The highest BCUT2D eigenvalue weighted by molar-refractivity contribution is 5.95. The molecule has 1 aromatic heterocycles. The molecule has 0 atom stereocenters. The zero-order valence-electron chi connectivity index (χ0n) is 18.1. The van der Waals surface area contributed by atoms with E-state index >= 15 is 0 Å². The molecule has 9 heteroatoms. The van der Waals surface area contributed by atoms with E-state index in [1.807, 2.05) is 24.3 Å². The second-order valence-corrected chi connectivity index (χ2v) is 8.48. The largest absolute Gasteiger partial charge is 0.444 e. The average molecular weight is 447 g/mol. The van der Waals surface area contributed by atoms with E-state index in [-0.39, 0.29) is 11.7 Å². The SMILES string of the molecule is O=C(NC1CC1)c1cccc(-c2ccc(CN3CCOc4nc([N+](=O)[O-])cn4CC3)cc2)c1. The van der Waals surface area contributed by atoms with Gasteiger partial charge in [-0.2, -0.15) is 0 Å². The van der Waals surface area contributed by atoms with E-state index in [2.05, 4.69) is 39.5 Å². The number of imidazole rings is 1. The molecular weight excluding hydrogens is 422 g/mol. The van der Waals surface area contributed by atoms with E-state index in [0.29, 0.717) is 37.3 Å². The van der Waals surface area contributed by atoms with E-state index in [1.165, 1.54) is 11.8 Å². The Bertz CT molecular complexity index is 1170. The molecule has 1 aliphatic heterocycles. The molecule has 2 heterocycles. The lowest BCUT2D eigenvalue weighted by molar-refractivity contribution is -0.389. The van der Waals surface area contributed by atoms with Gasteiger partial charge in [0.05, 0.1) is 0 Å². The number of fused-ring (bicyclic) bond motifs is 1. The summed E-state index contributed by atoms with van der Waals surface area (Å²) in [5, 5.41) is 14.0. The summed E-state index contributed by atoms with van der Waals surface area (Å²) < 4.78 is 7.33. The maximum absolute atomic E-state index is 12.4. The monoisotopic (exact) mass is 447 g/mol.